The number of amides is 4. The van der Waals surface area contributed by atoms with E-state index in [0.717, 1.165) is 69.4 Å². The fourth-order valence-corrected chi connectivity index (χ4v) is 8.00. The number of carbonyl (C=O) groups excluding carboxylic acids is 4. The number of nitrogens with zero attached hydrogens (tertiary/aromatic N) is 4. The molecule has 1 aliphatic heterocycles. The van der Waals surface area contributed by atoms with E-state index in [-0.39, 0.29) is 35.7 Å². The van der Waals surface area contributed by atoms with Crippen molar-refractivity contribution in [2.24, 2.45) is 11.8 Å². The number of hydrogen-bond donors (Lipinski definition) is 5. The lowest BCUT2D eigenvalue weighted by Gasteiger charge is -2.33. The maximum Gasteiger partial charge on any atom is 0.407 e. The number of H-pyrrole nitrogens is 3. The summed E-state index contributed by atoms with van der Waals surface area (Å²) in [6.45, 7) is 14.7. The molecule has 4 heterocycles. The number of carbonyl (C=O) groups is 4. The number of imidazole rings is 2. The molecule has 1 fully saturated rings. The first-order valence-electron chi connectivity index (χ1n) is 20.4. The van der Waals surface area contributed by atoms with Crippen LogP contribution in [0.1, 0.15) is 90.1 Å². The van der Waals surface area contributed by atoms with Crippen molar-refractivity contribution in [2.45, 2.75) is 91.9 Å². The summed E-state index contributed by atoms with van der Waals surface area (Å²) in [7, 11) is 2.57. The first-order chi connectivity index (χ1) is 28.3. The van der Waals surface area contributed by atoms with Crippen molar-refractivity contribution in [1.82, 2.24) is 45.4 Å². The number of likely N-dealkylation sites (tertiary alicyclic amines) is 1. The van der Waals surface area contributed by atoms with Crippen molar-refractivity contribution < 1.29 is 28.7 Å². The molecule has 1 aliphatic rings. The van der Waals surface area contributed by atoms with Crippen LogP contribution in [0.2, 0.25) is 0 Å². The van der Waals surface area contributed by atoms with Crippen LogP contribution >= 0.6 is 0 Å². The van der Waals surface area contributed by atoms with Gasteiger partial charge < -0.3 is 44.9 Å². The second-order valence-corrected chi connectivity index (χ2v) is 15.9. The summed E-state index contributed by atoms with van der Waals surface area (Å²) >= 11 is 0. The third-order valence-corrected chi connectivity index (χ3v) is 11.3. The quantitative estimate of drug-likeness (QED) is 0.0756. The van der Waals surface area contributed by atoms with Crippen molar-refractivity contribution in [2.75, 3.05) is 27.3 Å². The minimum absolute atomic E-state index is 0.121. The number of alkyl carbamates (subject to hydrolysis) is 2. The monoisotopic (exact) mass is 807 g/mol. The van der Waals surface area contributed by atoms with E-state index in [4.69, 9.17) is 14.5 Å². The summed E-state index contributed by atoms with van der Waals surface area (Å²) in [4.78, 5) is 75.0. The van der Waals surface area contributed by atoms with Gasteiger partial charge in [-0.05, 0) is 67.2 Å². The van der Waals surface area contributed by atoms with Crippen LogP contribution in [-0.4, -0.2) is 98.1 Å². The number of nitrogens with one attached hydrogen (secondary N) is 5. The standard InChI is InChI=1S/C44H57N9O6/c1-10-19-52(41(54)36(24(2)3)50-43(56)58-8)27(7)39-46-22-32(48-39)29-15-13-28(14-16-29)30-17-18-31(38-35(30)26(6)21-45-38)33-23-47-40(49-33)34-12-11-20-53(34)42(55)37(25(4)5)51-44(57)59-9/h13-18,21-25,27,34,36-37,45H,10-12,19-20H2,1-9H3,(H,46,48)(H,47,49)(H,50,56)(H,51,57). The number of fused-ring (bicyclic) bond motifs is 1. The van der Waals surface area contributed by atoms with Gasteiger partial charge in [-0.15, -0.1) is 0 Å². The zero-order valence-corrected chi connectivity index (χ0v) is 35.4. The van der Waals surface area contributed by atoms with Gasteiger partial charge in [-0.25, -0.2) is 19.6 Å². The van der Waals surface area contributed by atoms with Crippen LogP contribution in [0.3, 0.4) is 0 Å². The van der Waals surface area contributed by atoms with Gasteiger partial charge in [-0.1, -0.05) is 71.0 Å². The molecule has 2 aromatic carbocycles. The van der Waals surface area contributed by atoms with Crippen LogP contribution < -0.4 is 10.6 Å². The van der Waals surface area contributed by atoms with E-state index >= 15 is 0 Å². The molecular formula is C44H57N9O6. The minimum Gasteiger partial charge on any atom is -0.453 e. The Balaban J connectivity index is 1.21. The summed E-state index contributed by atoms with van der Waals surface area (Å²) < 4.78 is 9.57. The molecule has 5 N–H and O–H groups in total. The van der Waals surface area contributed by atoms with E-state index in [2.05, 4.69) is 73.9 Å². The van der Waals surface area contributed by atoms with Crippen LogP contribution in [0.5, 0.6) is 0 Å². The van der Waals surface area contributed by atoms with Gasteiger partial charge in [-0.2, -0.15) is 0 Å². The van der Waals surface area contributed by atoms with Crippen LogP contribution in [0, 0.1) is 18.8 Å². The van der Waals surface area contributed by atoms with Crippen LogP contribution in [0.15, 0.2) is 55.0 Å². The van der Waals surface area contributed by atoms with Gasteiger partial charge in [0.05, 0.1) is 55.6 Å². The van der Waals surface area contributed by atoms with Crippen LogP contribution in [-0.2, 0) is 19.1 Å². The topological polar surface area (TPSA) is 190 Å². The Morgan fingerprint density at radius 3 is 2.12 bits per heavy atom. The predicted octanol–water partition coefficient (Wildman–Crippen LogP) is 7.65. The Kier molecular flexibility index (Phi) is 13.1. The largest absolute Gasteiger partial charge is 0.453 e. The fraction of sp³-hybridized carbons (Fsp3) is 0.455. The van der Waals surface area contributed by atoms with Crippen molar-refractivity contribution >= 4 is 34.9 Å². The van der Waals surface area contributed by atoms with E-state index in [1.165, 1.54) is 14.2 Å². The first kappa shape index (κ1) is 42.5. The second kappa shape index (κ2) is 18.2. The van der Waals surface area contributed by atoms with E-state index < -0.39 is 24.3 Å². The second-order valence-electron chi connectivity index (χ2n) is 15.9. The molecule has 0 spiro atoms. The molecule has 314 valence electrons. The molecule has 6 rings (SSSR count). The van der Waals surface area contributed by atoms with Gasteiger partial charge in [0.15, 0.2) is 0 Å². The van der Waals surface area contributed by atoms with E-state index in [9.17, 15) is 19.2 Å². The third-order valence-electron chi connectivity index (χ3n) is 11.3. The summed E-state index contributed by atoms with van der Waals surface area (Å²) in [6.07, 6.45) is 6.68. The molecule has 3 aromatic heterocycles. The number of benzene rings is 2. The number of hydrogen-bond acceptors (Lipinski definition) is 8. The zero-order valence-electron chi connectivity index (χ0n) is 35.4. The molecule has 0 aliphatic carbocycles. The number of aromatic amines is 3. The van der Waals surface area contributed by atoms with Gasteiger partial charge >= 0.3 is 12.2 Å². The molecule has 4 atom stereocenters. The molecule has 4 amide bonds. The Labute approximate surface area is 345 Å². The fourth-order valence-electron chi connectivity index (χ4n) is 8.00. The Bertz CT molecular complexity index is 2270. The molecule has 15 heteroatoms. The molecular weight excluding hydrogens is 751 g/mol. The van der Waals surface area contributed by atoms with Crippen LogP contribution in [0.4, 0.5) is 9.59 Å². The molecule has 59 heavy (non-hydrogen) atoms. The molecule has 5 aromatic rings. The summed E-state index contributed by atoms with van der Waals surface area (Å²) in [5.41, 5.74) is 7.77. The zero-order chi connectivity index (χ0) is 42.5. The lowest BCUT2D eigenvalue weighted by Crippen LogP contribution is -2.52. The minimum atomic E-state index is -0.735. The summed E-state index contributed by atoms with van der Waals surface area (Å²) in [6, 6.07) is 10.5. The number of methoxy groups -OCH3 is 2. The lowest BCUT2D eigenvalue weighted by atomic mass is 9.95. The molecule has 1 saturated heterocycles. The molecule has 0 bridgehead atoms. The van der Waals surface area contributed by atoms with Gasteiger partial charge in [0, 0.05) is 30.2 Å². The van der Waals surface area contributed by atoms with Gasteiger partial charge in [-0.3, -0.25) is 9.59 Å². The van der Waals surface area contributed by atoms with Crippen LogP contribution in [0.25, 0.3) is 44.5 Å². The average molecular weight is 808 g/mol. The van der Waals surface area contributed by atoms with E-state index in [0.29, 0.717) is 24.7 Å². The summed E-state index contributed by atoms with van der Waals surface area (Å²) in [5.74, 6) is 0.757. The first-order valence-corrected chi connectivity index (χ1v) is 20.4. The normalized spacial score (nSPS) is 15.6. The maximum absolute atomic E-state index is 13.7. The number of rotatable bonds is 14. The highest BCUT2D eigenvalue weighted by Gasteiger charge is 2.38. The number of ether oxygens (including phenoxy) is 2. The average Bonchev–Trinajstić information content (AvgIpc) is 4.07. The Morgan fingerprint density at radius 1 is 0.847 bits per heavy atom. The highest BCUT2D eigenvalue weighted by Crippen LogP contribution is 2.39. The predicted molar refractivity (Wildman–Crippen MR) is 226 cm³/mol. The maximum atomic E-state index is 13.7. The highest BCUT2D eigenvalue weighted by atomic mass is 16.5. The van der Waals surface area contributed by atoms with Crippen molar-refractivity contribution in [3.63, 3.8) is 0 Å². The van der Waals surface area contributed by atoms with Gasteiger partial charge in [0.1, 0.15) is 23.7 Å². The van der Waals surface area contributed by atoms with Crippen molar-refractivity contribution in [1.29, 1.82) is 0 Å². The molecule has 0 saturated carbocycles. The Morgan fingerprint density at radius 2 is 1.47 bits per heavy atom. The SMILES string of the molecule is CCCN(C(=O)C(NC(=O)OC)C(C)C)C(C)c1ncc(-c2ccc(-c3ccc(-c4cnc(C5CCCN5C(=O)C(NC(=O)OC)C(C)C)[nH]4)c4[nH]cc(C)c34)cc2)[nH]1. The van der Waals surface area contributed by atoms with E-state index in [1.54, 1.807) is 11.1 Å². The number of aryl methyl sites for hydroxylation is 1. The Hall–Kier alpha value is -6.12. The summed E-state index contributed by atoms with van der Waals surface area (Å²) in [5, 5.41) is 6.50. The van der Waals surface area contributed by atoms with E-state index in [1.807, 2.05) is 58.8 Å². The molecule has 4 unspecified atom stereocenters. The molecule has 0 radical (unpaired) electrons. The highest BCUT2D eigenvalue weighted by molar-refractivity contribution is 6.04. The smallest absolute Gasteiger partial charge is 0.407 e. The van der Waals surface area contributed by atoms with Gasteiger partial charge in [0.25, 0.3) is 0 Å². The lowest BCUT2D eigenvalue weighted by molar-refractivity contribution is -0.137. The van der Waals surface area contributed by atoms with Crippen molar-refractivity contribution in [3.8, 4) is 33.6 Å². The third kappa shape index (κ3) is 8.83. The van der Waals surface area contributed by atoms with Gasteiger partial charge in [0.2, 0.25) is 11.8 Å². The number of aromatic nitrogens is 5. The van der Waals surface area contributed by atoms with Crippen molar-refractivity contribution in [3.05, 3.63) is 72.2 Å². The molecule has 15 nitrogen and oxygen atoms in total.